The standard InChI is InChI=1S/C11H19N3O/c1-11(2,13(3)4)10(15)8-9-6-7-14(5)12-9/h6-7H,8H2,1-5H3. The number of ketones is 1. The number of hydrogen-bond donors (Lipinski definition) is 0. The maximum Gasteiger partial charge on any atom is 0.158 e. The number of rotatable bonds is 4. The van der Waals surface area contributed by atoms with Gasteiger partial charge in [0, 0.05) is 13.2 Å². The Kier molecular flexibility index (Phi) is 3.29. The van der Waals surface area contributed by atoms with Crippen molar-refractivity contribution in [2.75, 3.05) is 14.1 Å². The average molecular weight is 209 g/mol. The quantitative estimate of drug-likeness (QED) is 0.738. The van der Waals surface area contributed by atoms with Gasteiger partial charge < -0.3 is 0 Å². The lowest BCUT2D eigenvalue weighted by Gasteiger charge is -2.30. The Balaban J connectivity index is 2.71. The second-order valence-corrected chi connectivity index (χ2v) is 4.53. The van der Waals surface area contributed by atoms with E-state index in [0.29, 0.717) is 6.42 Å². The van der Waals surface area contributed by atoms with Crippen molar-refractivity contribution in [3.05, 3.63) is 18.0 Å². The molecular formula is C11H19N3O. The molecule has 4 nitrogen and oxygen atoms in total. The van der Waals surface area contributed by atoms with E-state index in [0.717, 1.165) is 5.69 Å². The summed E-state index contributed by atoms with van der Waals surface area (Å²) in [7, 11) is 5.68. The number of Topliss-reactive ketones (excluding diaryl/α,β-unsaturated/α-hetero) is 1. The van der Waals surface area contributed by atoms with Crippen molar-refractivity contribution >= 4 is 5.78 Å². The predicted molar refractivity (Wildman–Crippen MR) is 59.7 cm³/mol. The van der Waals surface area contributed by atoms with Gasteiger partial charge in [0.2, 0.25) is 0 Å². The summed E-state index contributed by atoms with van der Waals surface area (Å²) in [5, 5.41) is 4.20. The molecule has 0 aromatic carbocycles. The van der Waals surface area contributed by atoms with Gasteiger partial charge in [-0.15, -0.1) is 0 Å². The molecule has 15 heavy (non-hydrogen) atoms. The maximum absolute atomic E-state index is 12.0. The highest BCUT2D eigenvalue weighted by Crippen LogP contribution is 2.14. The van der Waals surface area contributed by atoms with Gasteiger partial charge in [0.15, 0.2) is 5.78 Å². The van der Waals surface area contributed by atoms with E-state index in [1.54, 1.807) is 4.68 Å². The molecule has 0 radical (unpaired) electrons. The molecule has 1 aromatic rings. The highest BCUT2D eigenvalue weighted by molar-refractivity contribution is 5.89. The number of carbonyl (C=O) groups excluding carboxylic acids is 1. The van der Waals surface area contributed by atoms with Gasteiger partial charge in [0.05, 0.1) is 17.7 Å². The van der Waals surface area contributed by atoms with Gasteiger partial charge in [-0.05, 0) is 34.0 Å². The lowest BCUT2D eigenvalue weighted by molar-refractivity contribution is -0.127. The Hall–Kier alpha value is -1.16. The maximum atomic E-state index is 12.0. The van der Waals surface area contributed by atoms with Crippen molar-refractivity contribution in [1.29, 1.82) is 0 Å². The molecule has 0 spiro atoms. The molecule has 4 heteroatoms. The highest BCUT2D eigenvalue weighted by Gasteiger charge is 2.29. The molecule has 1 rings (SSSR count). The molecule has 0 aliphatic heterocycles. The van der Waals surface area contributed by atoms with E-state index in [4.69, 9.17) is 0 Å². The molecular weight excluding hydrogens is 190 g/mol. The van der Waals surface area contributed by atoms with E-state index in [-0.39, 0.29) is 5.78 Å². The van der Waals surface area contributed by atoms with Crippen LogP contribution < -0.4 is 0 Å². The molecule has 0 N–H and O–H groups in total. The van der Waals surface area contributed by atoms with Crippen LogP contribution in [0.4, 0.5) is 0 Å². The highest BCUT2D eigenvalue weighted by atomic mass is 16.1. The van der Waals surface area contributed by atoms with Crippen molar-refractivity contribution in [3.63, 3.8) is 0 Å². The number of hydrogen-bond acceptors (Lipinski definition) is 3. The fourth-order valence-electron chi connectivity index (χ4n) is 1.19. The number of nitrogens with zero attached hydrogens (tertiary/aromatic N) is 3. The minimum Gasteiger partial charge on any atom is -0.298 e. The second kappa shape index (κ2) is 4.14. The molecule has 1 aromatic heterocycles. The summed E-state index contributed by atoms with van der Waals surface area (Å²) in [5.41, 5.74) is 0.398. The smallest absolute Gasteiger partial charge is 0.158 e. The van der Waals surface area contributed by atoms with Gasteiger partial charge in [0.1, 0.15) is 0 Å². The molecule has 0 amide bonds. The third-order valence-electron chi connectivity index (χ3n) is 2.91. The van der Waals surface area contributed by atoms with Crippen LogP contribution in [0.5, 0.6) is 0 Å². The van der Waals surface area contributed by atoms with Crippen molar-refractivity contribution in [3.8, 4) is 0 Å². The molecule has 0 fully saturated rings. The zero-order chi connectivity index (χ0) is 11.6. The van der Waals surface area contributed by atoms with Crippen LogP contribution >= 0.6 is 0 Å². The van der Waals surface area contributed by atoms with Crippen molar-refractivity contribution < 1.29 is 4.79 Å². The third kappa shape index (κ3) is 2.65. The molecule has 84 valence electrons. The predicted octanol–water partition coefficient (Wildman–Crippen LogP) is 0.872. The fraction of sp³-hybridized carbons (Fsp3) is 0.636. The van der Waals surface area contributed by atoms with E-state index < -0.39 is 5.54 Å². The minimum atomic E-state index is -0.433. The first kappa shape index (κ1) is 11.9. The Bertz CT molecular complexity index is 352. The first-order valence-corrected chi connectivity index (χ1v) is 5.03. The van der Waals surface area contributed by atoms with Gasteiger partial charge in [-0.3, -0.25) is 14.4 Å². The topological polar surface area (TPSA) is 38.1 Å². The Morgan fingerprint density at radius 2 is 2.13 bits per heavy atom. The summed E-state index contributed by atoms with van der Waals surface area (Å²) < 4.78 is 1.71. The molecule has 0 aliphatic rings. The average Bonchev–Trinajstić information content (AvgIpc) is 2.50. The molecule has 0 saturated heterocycles. The summed E-state index contributed by atoms with van der Waals surface area (Å²) in [5.74, 6) is 0.186. The van der Waals surface area contributed by atoms with E-state index in [9.17, 15) is 4.79 Å². The van der Waals surface area contributed by atoms with Crippen LogP contribution in [0.25, 0.3) is 0 Å². The van der Waals surface area contributed by atoms with Crippen LogP contribution in [0.3, 0.4) is 0 Å². The van der Waals surface area contributed by atoms with Crippen LogP contribution in [0.15, 0.2) is 12.3 Å². The molecule has 0 atom stereocenters. The van der Waals surface area contributed by atoms with Crippen LogP contribution in [-0.4, -0.2) is 40.1 Å². The number of carbonyl (C=O) groups is 1. The molecule has 0 saturated carbocycles. The van der Waals surface area contributed by atoms with E-state index in [1.807, 2.05) is 52.2 Å². The van der Waals surface area contributed by atoms with Gasteiger partial charge in [-0.25, -0.2) is 0 Å². The Morgan fingerprint density at radius 3 is 2.53 bits per heavy atom. The first-order chi connectivity index (χ1) is 6.84. The second-order valence-electron chi connectivity index (χ2n) is 4.53. The van der Waals surface area contributed by atoms with Gasteiger partial charge >= 0.3 is 0 Å². The molecule has 1 heterocycles. The fourth-order valence-corrected chi connectivity index (χ4v) is 1.19. The van der Waals surface area contributed by atoms with Crippen LogP contribution in [0.2, 0.25) is 0 Å². The SMILES string of the molecule is CN(C)C(C)(C)C(=O)Cc1ccn(C)n1. The Labute approximate surface area is 90.9 Å². The normalized spacial score (nSPS) is 12.1. The summed E-state index contributed by atoms with van der Waals surface area (Å²) in [6, 6.07) is 1.88. The molecule has 0 aliphatic carbocycles. The summed E-state index contributed by atoms with van der Waals surface area (Å²) in [4.78, 5) is 13.9. The third-order valence-corrected chi connectivity index (χ3v) is 2.91. The zero-order valence-electron chi connectivity index (χ0n) is 10.1. The summed E-state index contributed by atoms with van der Waals surface area (Å²) in [6.07, 6.45) is 2.25. The lowest BCUT2D eigenvalue weighted by atomic mass is 9.94. The van der Waals surface area contributed by atoms with Gasteiger partial charge in [-0.1, -0.05) is 0 Å². The monoisotopic (exact) mass is 209 g/mol. The van der Waals surface area contributed by atoms with E-state index in [2.05, 4.69) is 5.10 Å². The Morgan fingerprint density at radius 1 is 1.53 bits per heavy atom. The first-order valence-electron chi connectivity index (χ1n) is 5.03. The summed E-state index contributed by atoms with van der Waals surface area (Å²) in [6.45, 7) is 3.86. The molecule has 0 bridgehead atoms. The van der Waals surface area contributed by atoms with Gasteiger partial charge in [-0.2, -0.15) is 5.10 Å². The van der Waals surface area contributed by atoms with Gasteiger partial charge in [0.25, 0.3) is 0 Å². The summed E-state index contributed by atoms with van der Waals surface area (Å²) >= 11 is 0. The van der Waals surface area contributed by atoms with E-state index in [1.165, 1.54) is 0 Å². The van der Waals surface area contributed by atoms with E-state index >= 15 is 0 Å². The molecule has 0 unspecified atom stereocenters. The minimum absolute atomic E-state index is 0.186. The van der Waals surface area contributed by atoms with Crippen molar-refractivity contribution in [2.45, 2.75) is 25.8 Å². The zero-order valence-corrected chi connectivity index (χ0v) is 10.1. The van der Waals surface area contributed by atoms with Crippen LogP contribution in [-0.2, 0) is 18.3 Å². The van der Waals surface area contributed by atoms with Crippen molar-refractivity contribution in [1.82, 2.24) is 14.7 Å². The number of aryl methyl sites for hydroxylation is 1. The van der Waals surface area contributed by atoms with Crippen molar-refractivity contribution in [2.24, 2.45) is 7.05 Å². The van der Waals surface area contributed by atoms with Crippen LogP contribution in [0.1, 0.15) is 19.5 Å². The number of likely N-dealkylation sites (N-methyl/N-ethyl adjacent to an activating group) is 1. The number of aromatic nitrogens is 2. The lowest BCUT2D eigenvalue weighted by Crippen LogP contribution is -2.46. The van der Waals surface area contributed by atoms with Crippen LogP contribution in [0, 0.1) is 0 Å². The largest absolute Gasteiger partial charge is 0.298 e.